The van der Waals surface area contributed by atoms with Gasteiger partial charge in [0.15, 0.2) is 5.96 Å². The molecule has 1 aromatic heterocycles. The Morgan fingerprint density at radius 1 is 1.32 bits per heavy atom. The molecule has 1 unspecified atom stereocenters. The average Bonchev–Trinajstić information content (AvgIpc) is 3.04. The molecule has 126 valence electrons. The fourth-order valence-electron chi connectivity index (χ4n) is 2.15. The van der Waals surface area contributed by atoms with Crippen molar-refractivity contribution in [1.29, 1.82) is 0 Å². The van der Waals surface area contributed by atoms with Crippen molar-refractivity contribution >= 4 is 17.3 Å². The Labute approximate surface area is 140 Å². The summed E-state index contributed by atoms with van der Waals surface area (Å²) in [7, 11) is 4.30. The van der Waals surface area contributed by atoms with Gasteiger partial charge in [0.1, 0.15) is 0 Å². The first-order chi connectivity index (χ1) is 10.6. The number of nitrogens with zero attached hydrogens (tertiary/aromatic N) is 3. The summed E-state index contributed by atoms with van der Waals surface area (Å²) >= 11 is 1.82. The molecule has 0 saturated heterocycles. The summed E-state index contributed by atoms with van der Waals surface area (Å²) in [5, 5.41) is 5.53. The SMILES string of the molecule is CCNC(=NCCN(C)C(C)CC)N(C)CCc1cccs1. The first-order valence-corrected chi connectivity index (χ1v) is 9.18. The predicted molar refractivity (Wildman–Crippen MR) is 99.0 cm³/mol. The first-order valence-electron chi connectivity index (χ1n) is 8.30. The smallest absolute Gasteiger partial charge is 0.193 e. The number of likely N-dealkylation sites (N-methyl/N-ethyl adjacent to an activating group) is 2. The number of aliphatic imine (C=N–C) groups is 1. The topological polar surface area (TPSA) is 30.9 Å². The molecule has 0 aliphatic rings. The highest BCUT2D eigenvalue weighted by Crippen LogP contribution is 2.09. The van der Waals surface area contributed by atoms with E-state index in [0.717, 1.165) is 38.6 Å². The lowest BCUT2D eigenvalue weighted by molar-refractivity contribution is 0.259. The van der Waals surface area contributed by atoms with Crippen molar-refractivity contribution in [2.75, 3.05) is 40.3 Å². The van der Waals surface area contributed by atoms with E-state index in [4.69, 9.17) is 4.99 Å². The van der Waals surface area contributed by atoms with Gasteiger partial charge < -0.3 is 15.1 Å². The van der Waals surface area contributed by atoms with Crippen molar-refractivity contribution in [3.63, 3.8) is 0 Å². The summed E-state index contributed by atoms with van der Waals surface area (Å²) in [5.41, 5.74) is 0. The third-order valence-electron chi connectivity index (χ3n) is 4.03. The summed E-state index contributed by atoms with van der Waals surface area (Å²) in [4.78, 5) is 10.8. The van der Waals surface area contributed by atoms with E-state index in [9.17, 15) is 0 Å². The van der Waals surface area contributed by atoms with Crippen molar-refractivity contribution in [3.05, 3.63) is 22.4 Å². The van der Waals surface area contributed by atoms with Crippen LogP contribution in [0.4, 0.5) is 0 Å². The maximum Gasteiger partial charge on any atom is 0.193 e. The second-order valence-electron chi connectivity index (χ2n) is 5.72. The van der Waals surface area contributed by atoms with Gasteiger partial charge in [0, 0.05) is 37.6 Å². The maximum absolute atomic E-state index is 4.76. The van der Waals surface area contributed by atoms with Crippen LogP contribution in [-0.4, -0.2) is 62.1 Å². The number of nitrogens with one attached hydrogen (secondary N) is 1. The molecule has 5 heteroatoms. The van der Waals surface area contributed by atoms with Crippen LogP contribution in [0, 0.1) is 0 Å². The summed E-state index contributed by atoms with van der Waals surface area (Å²) in [6.07, 6.45) is 2.26. The Balaban J connectivity index is 2.46. The van der Waals surface area contributed by atoms with Crippen molar-refractivity contribution < 1.29 is 0 Å². The number of rotatable bonds is 9. The fraction of sp³-hybridized carbons (Fsp3) is 0.706. The highest BCUT2D eigenvalue weighted by Gasteiger charge is 2.08. The molecular formula is C17H32N4S. The van der Waals surface area contributed by atoms with Crippen LogP contribution in [0.1, 0.15) is 32.1 Å². The van der Waals surface area contributed by atoms with Crippen molar-refractivity contribution in [3.8, 4) is 0 Å². The number of thiophene rings is 1. The Morgan fingerprint density at radius 2 is 2.09 bits per heavy atom. The van der Waals surface area contributed by atoms with E-state index >= 15 is 0 Å². The van der Waals surface area contributed by atoms with E-state index in [0.29, 0.717) is 6.04 Å². The van der Waals surface area contributed by atoms with Gasteiger partial charge >= 0.3 is 0 Å². The van der Waals surface area contributed by atoms with Crippen LogP contribution in [0.2, 0.25) is 0 Å². The molecule has 0 bridgehead atoms. The first kappa shape index (κ1) is 19.0. The van der Waals surface area contributed by atoms with Gasteiger partial charge in [0.25, 0.3) is 0 Å². The summed E-state index contributed by atoms with van der Waals surface area (Å²) in [5.74, 6) is 1.01. The Hall–Kier alpha value is -1.07. The van der Waals surface area contributed by atoms with Crippen LogP contribution in [0.15, 0.2) is 22.5 Å². The van der Waals surface area contributed by atoms with E-state index in [1.54, 1.807) is 0 Å². The average molecular weight is 325 g/mol. The van der Waals surface area contributed by atoms with Gasteiger partial charge in [-0.05, 0) is 45.2 Å². The number of hydrogen-bond acceptors (Lipinski definition) is 3. The fourth-order valence-corrected chi connectivity index (χ4v) is 2.85. The molecule has 1 N–H and O–H groups in total. The molecule has 0 aliphatic heterocycles. The van der Waals surface area contributed by atoms with E-state index < -0.39 is 0 Å². The molecule has 1 heterocycles. The molecule has 0 aromatic carbocycles. The second kappa shape index (κ2) is 10.6. The lowest BCUT2D eigenvalue weighted by Gasteiger charge is -2.24. The van der Waals surface area contributed by atoms with E-state index in [1.165, 1.54) is 11.3 Å². The molecule has 0 spiro atoms. The monoisotopic (exact) mass is 324 g/mol. The molecule has 1 aromatic rings. The minimum absolute atomic E-state index is 0.620. The molecule has 0 aliphatic carbocycles. The molecule has 0 saturated carbocycles. The third kappa shape index (κ3) is 6.79. The van der Waals surface area contributed by atoms with Crippen LogP contribution < -0.4 is 5.32 Å². The van der Waals surface area contributed by atoms with Crippen molar-refractivity contribution in [2.45, 2.75) is 39.7 Å². The molecular weight excluding hydrogens is 292 g/mol. The Bertz CT molecular complexity index is 416. The normalized spacial score (nSPS) is 13.5. The molecule has 1 rings (SSSR count). The lowest BCUT2D eigenvalue weighted by Crippen LogP contribution is -2.40. The van der Waals surface area contributed by atoms with Gasteiger partial charge in [0.2, 0.25) is 0 Å². The van der Waals surface area contributed by atoms with Gasteiger partial charge in [-0.15, -0.1) is 11.3 Å². The van der Waals surface area contributed by atoms with E-state index in [2.05, 4.69) is 67.5 Å². The minimum Gasteiger partial charge on any atom is -0.357 e. The highest BCUT2D eigenvalue weighted by molar-refractivity contribution is 7.09. The van der Waals surface area contributed by atoms with Gasteiger partial charge in [-0.3, -0.25) is 4.99 Å². The Kier molecular flexibility index (Phi) is 9.16. The van der Waals surface area contributed by atoms with Gasteiger partial charge in [-0.25, -0.2) is 0 Å². The van der Waals surface area contributed by atoms with Gasteiger partial charge in [-0.2, -0.15) is 0 Å². The van der Waals surface area contributed by atoms with E-state index in [1.807, 2.05) is 11.3 Å². The lowest BCUT2D eigenvalue weighted by atomic mass is 10.2. The number of guanidine groups is 1. The van der Waals surface area contributed by atoms with Gasteiger partial charge in [-0.1, -0.05) is 13.0 Å². The number of hydrogen-bond donors (Lipinski definition) is 1. The largest absolute Gasteiger partial charge is 0.357 e. The summed E-state index contributed by atoms with van der Waals surface area (Å²) in [6, 6.07) is 4.93. The van der Waals surface area contributed by atoms with Crippen LogP contribution >= 0.6 is 11.3 Å². The molecule has 0 fully saturated rings. The molecule has 1 atom stereocenters. The van der Waals surface area contributed by atoms with Crippen molar-refractivity contribution in [1.82, 2.24) is 15.1 Å². The molecule has 4 nitrogen and oxygen atoms in total. The third-order valence-corrected chi connectivity index (χ3v) is 4.96. The molecule has 22 heavy (non-hydrogen) atoms. The zero-order chi connectivity index (χ0) is 16.4. The predicted octanol–water partition coefficient (Wildman–Crippen LogP) is 2.92. The summed E-state index contributed by atoms with van der Waals surface area (Å²) in [6.45, 7) is 10.4. The Morgan fingerprint density at radius 3 is 2.68 bits per heavy atom. The van der Waals surface area contributed by atoms with Gasteiger partial charge in [0.05, 0.1) is 6.54 Å². The quantitative estimate of drug-likeness (QED) is 0.560. The molecule has 0 radical (unpaired) electrons. The summed E-state index contributed by atoms with van der Waals surface area (Å²) < 4.78 is 0. The molecule has 0 amide bonds. The van der Waals surface area contributed by atoms with Crippen LogP contribution in [0.3, 0.4) is 0 Å². The standard InChI is InChI=1S/C17H32N4S/c1-6-15(3)20(4)13-11-19-17(18-7-2)21(5)12-10-16-9-8-14-22-16/h8-9,14-15H,6-7,10-13H2,1-5H3,(H,18,19). The minimum atomic E-state index is 0.620. The van der Waals surface area contributed by atoms with Crippen LogP contribution in [-0.2, 0) is 6.42 Å². The zero-order valence-corrected chi connectivity index (χ0v) is 15.6. The van der Waals surface area contributed by atoms with Crippen LogP contribution in [0.5, 0.6) is 0 Å². The van der Waals surface area contributed by atoms with Crippen molar-refractivity contribution in [2.24, 2.45) is 4.99 Å². The zero-order valence-electron chi connectivity index (χ0n) is 14.8. The highest BCUT2D eigenvalue weighted by atomic mass is 32.1. The second-order valence-corrected chi connectivity index (χ2v) is 6.76. The van der Waals surface area contributed by atoms with E-state index in [-0.39, 0.29) is 0 Å². The maximum atomic E-state index is 4.76. The van der Waals surface area contributed by atoms with Crippen LogP contribution in [0.25, 0.3) is 0 Å².